The van der Waals surface area contributed by atoms with Crippen molar-refractivity contribution in [2.45, 2.75) is 49.3 Å². The zero-order chi connectivity index (χ0) is 9.53. The van der Waals surface area contributed by atoms with Gasteiger partial charge in [0.2, 0.25) is 0 Å². The normalized spacial score (nSPS) is 36.5. The fourth-order valence-corrected chi connectivity index (χ4v) is 4.41. The van der Waals surface area contributed by atoms with Crippen LogP contribution in [-0.4, -0.2) is 25.0 Å². The molecule has 1 saturated carbocycles. The van der Waals surface area contributed by atoms with Crippen molar-refractivity contribution >= 4 is 9.84 Å². The van der Waals surface area contributed by atoms with Crippen LogP contribution in [0.4, 0.5) is 0 Å². The first-order valence-corrected chi connectivity index (χ1v) is 6.77. The standard InChI is InChI=1S/C9H17NO2S/c10-9(5-2-1-3-6-9)8-4-7-13(8,11)12/h8H,1-7,10H2/t8-/m1/s1. The Morgan fingerprint density at radius 1 is 1.15 bits per heavy atom. The van der Waals surface area contributed by atoms with Gasteiger partial charge in [0.25, 0.3) is 0 Å². The summed E-state index contributed by atoms with van der Waals surface area (Å²) in [5, 5.41) is -0.222. The van der Waals surface area contributed by atoms with Gasteiger partial charge in [0, 0.05) is 5.54 Å². The summed E-state index contributed by atoms with van der Waals surface area (Å²) in [4.78, 5) is 0. The van der Waals surface area contributed by atoms with Crippen LogP contribution in [0.25, 0.3) is 0 Å². The largest absolute Gasteiger partial charge is 0.324 e. The van der Waals surface area contributed by atoms with Gasteiger partial charge < -0.3 is 5.73 Å². The second kappa shape index (κ2) is 2.95. The van der Waals surface area contributed by atoms with Gasteiger partial charge >= 0.3 is 0 Å². The van der Waals surface area contributed by atoms with E-state index in [0.717, 1.165) is 32.1 Å². The van der Waals surface area contributed by atoms with Gasteiger partial charge in [-0.2, -0.15) is 0 Å². The minimum absolute atomic E-state index is 0.222. The van der Waals surface area contributed by atoms with Crippen LogP contribution in [0.5, 0.6) is 0 Å². The Morgan fingerprint density at radius 3 is 2.15 bits per heavy atom. The fourth-order valence-electron chi connectivity index (χ4n) is 2.61. The molecule has 0 aromatic rings. The van der Waals surface area contributed by atoms with E-state index in [1.54, 1.807) is 0 Å². The van der Waals surface area contributed by atoms with Gasteiger partial charge in [-0.05, 0) is 19.3 Å². The minimum atomic E-state index is -2.81. The number of rotatable bonds is 1. The van der Waals surface area contributed by atoms with Crippen LogP contribution in [0, 0.1) is 0 Å². The molecule has 4 heteroatoms. The van der Waals surface area contributed by atoms with Crippen LogP contribution in [0.15, 0.2) is 0 Å². The SMILES string of the molecule is NC1([C@H]2CCS2(=O)=O)CCCCC1. The summed E-state index contributed by atoms with van der Waals surface area (Å²) >= 11 is 0. The first kappa shape index (κ1) is 9.46. The number of hydrogen-bond donors (Lipinski definition) is 1. The predicted molar refractivity (Wildman–Crippen MR) is 52.2 cm³/mol. The van der Waals surface area contributed by atoms with E-state index in [1.807, 2.05) is 0 Å². The van der Waals surface area contributed by atoms with Crippen molar-refractivity contribution < 1.29 is 8.42 Å². The Balaban J connectivity index is 2.14. The summed E-state index contributed by atoms with van der Waals surface area (Å²) in [6.45, 7) is 0. The molecule has 2 fully saturated rings. The molecule has 1 heterocycles. The molecule has 0 unspecified atom stereocenters. The zero-order valence-electron chi connectivity index (χ0n) is 7.83. The third kappa shape index (κ3) is 1.50. The first-order valence-electron chi connectivity index (χ1n) is 5.05. The summed E-state index contributed by atoms with van der Waals surface area (Å²) in [6, 6.07) is 0. The van der Waals surface area contributed by atoms with E-state index in [9.17, 15) is 8.42 Å². The monoisotopic (exact) mass is 203 g/mol. The van der Waals surface area contributed by atoms with Gasteiger partial charge in [0.1, 0.15) is 0 Å². The Kier molecular flexibility index (Phi) is 2.15. The van der Waals surface area contributed by atoms with Crippen LogP contribution >= 0.6 is 0 Å². The lowest BCUT2D eigenvalue weighted by molar-refractivity contribution is 0.267. The van der Waals surface area contributed by atoms with Crippen molar-refractivity contribution in [1.82, 2.24) is 0 Å². The second-order valence-electron chi connectivity index (χ2n) is 4.44. The quantitative estimate of drug-likeness (QED) is 0.687. The molecule has 0 spiro atoms. The molecule has 0 amide bonds. The van der Waals surface area contributed by atoms with Crippen molar-refractivity contribution in [3.8, 4) is 0 Å². The molecule has 0 aromatic carbocycles. The molecule has 76 valence electrons. The van der Waals surface area contributed by atoms with Crippen LogP contribution in [0.1, 0.15) is 38.5 Å². The summed E-state index contributed by atoms with van der Waals surface area (Å²) in [5.41, 5.74) is 5.78. The van der Waals surface area contributed by atoms with E-state index >= 15 is 0 Å². The van der Waals surface area contributed by atoms with Crippen LogP contribution < -0.4 is 5.73 Å². The van der Waals surface area contributed by atoms with Crippen molar-refractivity contribution in [2.75, 3.05) is 5.75 Å². The molecule has 0 radical (unpaired) electrons. The van der Waals surface area contributed by atoms with Crippen molar-refractivity contribution in [2.24, 2.45) is 5.73 Å². The van der Waals surface area contributed by atoms with E-state index in [1.165, 1.54) is 6.42 Å². The molecule has 3 nitrogen and oxygen atoms in total. The molecule has 1 saturated heterocycles. The maximum absolute atomic E-state index is 11.4. The van der Waals surface area contributed by atoms with Gasteiger partial charge in [0.05, 0.1) is 11.0 Å². The Hall–Kier alpha value is -0.0900. The summed E-state index contributed by atoms with van der Waals surface area (Å²) in [5.74, 6) is 0.358. The van der Waals surface area contributed by atoms with E-state index in [-0.39, 0.29) is 10.8 Å². The smallest absolute Gasteiger partial charge is 0.155 e. The van der Waals surface area contributed by atoms with Crippen molar-refractivity contribution in [3.63, 3.8) is 0 Å². The number of hydrogen-bond acceptors (Lipinski definition) is 3. The van der Waals surface area contributed by atoms with Crippen molar-refractivity contribution in [3.05, 3.63) is 0 Å². The third-order valence-corrected chi connectivity index (χ3v) is 5.90. The van der Waals surface area contributed by atoms with Gasteiger partial charge in [0.15, 0.2) is 9.84 Å². The highest BCUT2D eigenvalue weighted by atomic mass is 32.2. The Labute approximate surface area is 79.6 Å². The maximum Gasteiger partial charge on any atom is 0.155 e. The van der Waals surface area contributed by atoms with Gasteiger partial charge in [-0.1, -0.05) is 19.3 Å². The van der Waals surface area contributed by atoms with E-state index in [2.05, 4.69) is 0 Å². The van der Waals surface area contributed by atoms with Gasteiger partial charge in [-0.3, -0.25) is 0 Å². The molecule has 0 bridgehead atoms. The van der Waals surface area contributed by atoms with E-state index < -0.39 is 9.84 Å². The lowest BCUT2D eigenvalue weighted by Gasteiger charge is -2.44. The number of nitrogens with two attached hydrogens (primary N) is 1. The topological polar surface area (TPSA) is 60.2 Å². The molecular weight excluding hydrogens is 186 g/mol. The molecule has 1 atom stereocenters. The maximum atomic E-state index is 11.4. The zero-order valence-corrected chi connectivity index (χ0v) is 8.65. The highest BCUT2D eigenvalue weighted by molar-refractivity contribution is 7.93. The lowest BCUT2D eigenvalue weighted by atomic mass is 9.79. The molecule has 0 aromatic heterocycles. The third-order valence-electron chi connectivity index (χ3n) is 3.52. The Bertz CT molecular complexity index is 291. The molecule has 2 aliphatic rings. The molecule has 2 rings (SSSR count). The highest BCUT2D eigenvalue weighted by Gasteiger charge is 2.49. The van der Waals surface area contributed by atoms with Crippen LogP contribution in [0.2, 0.25) is 0 Å². The molecule has 1 aliphatic carbocycles. The summed E-state index contributed by atoms with van der Waals surface area (Å²) in [6.07, 6.45) is 6.00. The average molecular weight is 203 g/mol. The van der Waals surface area contributed by atoms with E-state index in [4.69, 9.17) is 5.73 Å². The molecule has 2 N–H and O–H groups in total. The van der Waals surface area contributed by atoms with Crippen LogP contribution in [0.3, 0.4) is 0 Å². The minimum Gasteiger partial charge on any atom is -0.324 e. The highest BCUT2D eigenvalue weighted by Crippen LogP contribution is 2.38. The molecular formula is C9H17NO2S. The number of sulfone groups is 1. The van der Waals surface area contributed by atoms with Gasteiger partial charge in [-0.15, -0.1) is 0 Å². The average Bonchev–Trinajstić information content (AvgIpc) is 2.03. The summed E-state index contributed by atoms with van der Waals surface area (Å²) in [7, 11) is -2.81. The van der Waals surface area contributed by atoms with E-state index in [0.29, 0.717) is 5.75 Å². The first-order chi connectivity index (χ1) is 6.05. The van der Waals surface area contributed by atoms with Crippen molar-refractivity contribution in [1.29, 1.82) is 0 Å². The van der Waals surface area contributed by atoms with Crippen LogP contribution in [-0.2, 0) is 9.84 Å². The lowest BCUT2D eigenvalue weighted by Crippen LogP contribution is -2.60. The molecule has 13 heavy (non-hydrogen) atoms. The summed E-state index contributed by atoms with van der Waals surface area (Å²) < 4.78 is 22.9. The second-order valence-corrected chi connectivity index (χ2v) is 6.74. The fraction of sp³-hybridized carbons (Fsp3) is 1.00. The predicted octanol–water partition coefficient (Wildman–Crippen LogP) is 0.835. The Morgan fingerprint density at radius 2 is 1.77 bits per heavy atom. The molecule has 1 aliphatic heterocycles. The van der Waals surface area contributed by atoms with Gasteiger partial charge in [-0.25, -0.2) is 8.42 Å².